The fraction of sp³-hybridized carbons (Fsp3) is 0.100. The van der Waals surface area contributed by atoms with E-state index < -0.39 is 17.6 Å². The molecule has 0 unspecified atom stereocenters. The molecule has 0 bridgehead atoms. The summed E-state index contributed by atoms with van der Waals surface area (Å²) in [6, 6.07) is 25.4. The van der Waals surface area contributed by atoms with Crippen molar-refractivity contribution in [3.63, 3.8) is 0 Å². The molecule has 0 fully saturated rings. The van der Waals surface area contributed by atoms with Crippen LogP contribution in [0.2, 0.25) is 0 Å². The summed E-state index contributed by atoms with van der Waals surface area (Å²) in [6.45, 7) is 0.264. The monoisotopic (exact) mass is 560 g/mol. The van der Waals surface area contributed by atoms with Crippen molar-refractivity contribution in [1.82, 2.24) is 19.7 Å². The molecule has 3 aromatic carbocycles. The van der Waals surface area contributed by atoms with E-state index in [0.717, 1.165) is 57.7 Å². The molecule has 0 aliphatic carbocycles. The van der Waals surface area contributed by atoms with E-state index in [1.807, 2.05) is 71.3 Å². The maximum Gasteiger partial charge on any atom is 0.416 e. The van der Waals surface area contributed by atoms with Crippen LogP contribution in [0.15, 0.2) is 107 Å². The molecule has 0 saturated carbocycles. The largest absolute Gasteiger partial charge is 0.467 e. The van der Waals surface area contributed by atoms with Crippen molar-refractivity contribution in [2.75, 3.05) is 0 Å². The fourth-order valence-electron chi connectivity index (χ4n) is 4.42. The molecule has 0 aliphatic heterocycles. The van der Waals surface area contributed by atoms with Crippen molar-refractivity contribution in [3.8, 4) is 22.6 Å². The Morgan fingerprint density at radius 2 is 1.65 bits per heavy atom. The quantitative estimate of drug-likeness (QED) is 0.145. The van der Waals surface area contributed by atoms with E-state index >= 15 is 0 Å². The Bertz CT molecular complexity index is 1780. The first-order valence-corrected chi connectivity index (χ1v) is 13.2. The number of benzene rings is 3. The molecule has 6 aromatic rings. The summed E-state index contributed by atoms with van der Waals surface area (Å²) in [6.07, 6.45) is -3.02. The second kappa shape index (κ2) is 10.6. The summed E-state index contributed by atoms with van der Waals surface area (Å²) in [5.41, 5.74) is 2.25. The summed E-state index contributed by atoms with van der Waals surface area (Å²) < 4.78 is 61.6. The van der Waals surface area contributed by atoms with Gasteiger partial charge in [-0.15, -0.1) is 10.2 Å². The molecule has 3 aromatic heterocycles. The van der Waals surface area contributed by atoms with Crippen LogP contribution in [0.25, 0.3) is 33.5 Å². The first-order valence-electron chi connectivity index (χ1n) is 12.3. The van der Waals surface area contributed by atoms with Crippen LogP contribution in [0.5, 0.6) is 0 Å². The minimum atomic E-state index is -4.57. The number of rotatable bonds is 7. The highest BCUT2D eigenvalue weighted by Crippen LogP contribution is 2.35. The van der Waals surface area contributed by atoms with Crippen LogP contribution in [0.4, 0.5) is 17.6 Å². The average Bonchev–Trinajstić information content (AvgIpc) is 3.62. The molecular weight excluding hydrogens is 540 g/mol. The lowest BCUT2D eigenvalue weighted by Gasteiger charge is -2.13. The van der Waals surface area contributed by atoms with Crippen LogP contribution in [0.3, 0.4) is 0 Å². The maximum atomic E-state index is 14.5. The van der Waals surface area contributed by atoms with Gasteiger partial charge in [-0.2, -0.15) is 13.2 Å². The van der Waals surface area contributed by atoms with E-state index in [1.165, 1.54) is 0 Å². The molecular formula is C30H20F4N4OS. The highest BCUT2D eigenvalue weighted by atomic mass is 32.2. The van der Waals surface area contributed by atoms with E-state index in [1.54, 1.807) is 12.3 Å². The highest BCUT2D eigenvalue weighted by Gasteiger charge is 2.31. The Balaban J connectivity index is 1.44. The SMILES string of the molecule is Fc1ccc(C(F)(F)F)cc1CSc1nnc(-c2cc(-c3ccccc3)nc3ccccc23)n1Cc1ccco1. The van der Waals surface area contributed by atoms with Gasteiger partial charge >= 0.3 is 6.18 Å². The number of fused-ring (bicyclic) bond motifs is 1. The van der Waals surface area contributed by atoms with Crippen LogP contribution in [-0.4, -0.2) is 19.7 Å². The fourth-order valence-corrected chi connectivity index (χ4v) is 5.33. The predicted octanol–water partition coefficient (Wildman–Crippen LogP) is 8.25. The second-order valence-electron chi connectivity index (χ2n) is 9.00. The summed E-state index contributed by atoms with van der Waals surface area (Å²) >= 11 is 1.10. The van der Waals surface area contributed by atoms with Crippen molar-refractivity contribution < 1.29 is 22.0 Å². The Kier molecular flexibility index (Phi) is 6.85. The van der Waals surface area contributed by atoms with Gasteiger partial charge in [0.25, 0.3) is 0 Å². The molecule has 0 amide bonds. The number of halogens is 4. The van der Waals surface area contributed by atoms with Gasteiger partial charge in [0.1, 0.15) is 11.6 Å². The van der Waals surface area contributed by atoms with Crippen LogP contribution in [0.1, 0.15) is 16.9 Å². The van der Waals surface area contributed by atoms with Crippen molar-refractivity contribution in [3.05, 3.63) is 120 Å². The first-order chi connectivity index (χ1) is 19.4. The molecule has 40 heavy (non-hydrogen) atoms. The molecule has 6 rings (SSSR count). The number of hydrogen-bond acceptors (Lipinski definition) is 5. The molecule has 0 spiro atoms. The second-order valence-corrected chi connectivity index (χ2v) is 9.95. The van der Waals surface area contributed by atoms with Gasteiger partial charge in [0.05, 0.1) is 29.6 Å². The van der Waals surface area contributed by atoms with Gasteiger partial charge in [-0.25, -0.2) is 9.37 Å². The van der Waals surface area contributed by atoms with Crippen LogP contribution in [-0.2, 0) is 18.5 Å². The van der Waals surface area contributed by atoms with E-state index in [2.05, 4.69) is 10.2 Å². The Hall–Kier alpha value is -4.44. The van der Waals surface area contributed by atoms with Crippen LogP contribution < -0.4 is 0 Å². The molecule has 200 valence electrons. The third-order valence-corrected chi connectivity index (χ3v) is 7.38. The van der Waals surface area contributed by atoms with Crippen molar-refractivity contribution >= 4 is 22.7 Å². The molecule has 0 radical (unpaired) electrons. The van der Waals surface area contributed by atoms with E-state index in [4.69, 9.17) is 9.40 Å². The number of thioether (sulfide) groups is 1. The van der Waals surface area contributed by atoms with Gasteiger partial charge in [-0.1, -0.05) is 60.3 Å². The van der Waals surface area contributed by atoms with E-state index in [0.29, 0.717) is 16.7 Å². The Labute approximate surface area is 230 Å². The predicted molar refractivity (Wildman–Crippen MR) is 145 cm³/mol. The molecule has 10 heteroatoms. The van der Waals surface area contributed by atoms with Gasteiger partial charge in [0.15, 0.2) is 11.0 Å². The number of furan rings is 1. The lowest BCUT2D eigenvalue weighted by molar-refractivity contribution is -0.137. The lowest BCUT2D eigenvalue weighted by Crippen LogP contribution is -2.07. The molecule has 5 nitrogen and oxygen atoms in total. The van der Waals surface area contributed by atoms with Gasteiger partial charge < -0.3 is 4.42 Å². The molecule has 0 N–H and O–H groups in total. The van der Waals surface area contributed by atoms with E-state index in [9.17, 15) is 17.6 Å². The zero-order valence-corrected chi connectivity index (χ0v) is 21.6. The van der Waals surface area contributed by atoms with Gasteiger partial charge in [0.2, 0.25) is 0 Å². The number of aromatic nitrogens is 4. The number of pyridine rings is 1. The Morgan fingerprint density at radius 3 is 2.42 bits per heavy atom. The standard InChI is InChI=1S/C30H20F4N4OS/c31-25-13-12-21(30(32,33)34)15-20(25)18-40-29-37-36-28(38(29)17-22-9-6-14-39-22)24-16-27(19-7-2-1-3-8-19)35-26-11-5-4-10-23(24)26/h1-16H,17-18H2. The minimum Gasteiger partial charge on any atom is -0.467 e. The van der Waals surface area contributed by atoms with Gasteiger partial charge in [-0.3, -0.25) is 4.57 Å². The third kappa shape index (κ3) is 5.22. The van der Waals surface area contributed by atoms with Crippen molar-refractivity contribution in [2.45, 2.75) is 23.6 Å². The number of para-hydroxylation sites is 1. The zero-order valence-electron chi connectivity index (χ0n) is 20.8. The Morgan fingerprint density at radius 1 is 0.850 bits per heavy atom. The van der Waals surface area contributed by atoms with Crippen LogP contribution in [0, 0.1) is 5.82 Å². The normalized spacial score (nSPS) is 11.8. The van der Waals surface area contributed by atoms with Crippen molar-refractivity contribution in [1.29, 1.82) is 0 Å². The molecule has 0 atom stereocenters. The smallest absolute Gasteiger partial charge is 0.416 e. The van der Waals surface area contributed by atoms with Gasteiger partial charge in [0, 0.05) is 22.3 Å². The maximum absolute atomic E-state index is 14.5. The highest BCUT2D eigenvalue weighted by molar-refractivity contribution is 7.98. The minimum absolute atomic E-state index is 0.0710. The third-order valence-electron chi connectivity index (χ3n) is 6.37. The molecule has 3 heterocycles. The summed E-state index contributed by atoms with van der Waals surface area (Å²) in [5.74, 6) is 0.373. The van der Waals surface area contributed by atoms with Crippen LogP contribution >= 0.6 is 11.8 Å². The lowest BCUT2D eigenvalue weighted by atomic mass is 10.0. The van der Waals surface area contributed by atoms with E-state index in [-0.39, 0.29) is 17.9 Å². The summed E-state index contributed by atoms with van der Waals surface area (Å²) in [4.78, 5) is 4.84. The molecule has 0 saturated heterocycles. The molecule has 0 aliphatic rings. The number of hydrogen-bond donors (Lipinski definition) is 0. The zero-order chi connectivity index (χ0) is 27.7. The first kappa shape index (κ1) is 25.8. The van der Waals surface area contributed by atoms with Gasteiger partial charge in [-0.05, 0) is 48.0 Å². The summed E-state index contributed by atoms with van der Waals surface area (Å²) in [5, 5.41) is 10.1. The summed E-state index contributed by atoms with van der Waals surface area (Å²) in [7, 11) is 0. The topological polar surface area (TPSA) is 56.7 Å². The van der Waals surface area contributed by atoms with Crippen molar-refractivity contribution in [2.24, 2.45) is 0 Å². The number of alkyl halides is 3. The average molecular weight is 561 g/mol. The number of nitrogens with zero attached hydrogens (tertiary/aromatic N) is 4.